The summed E-state index contributed by atoms with van der Waals surface area (Å²) in [5.41, 5.74) is 0. The number of amides is 1. The monoisotopic (exact) mass is 285 g/mol. The van der Waals surface area contributed by atoms with Gasteiger partial charge in [0.1, 0.15) is 6.04 Å². The molecule has 2 unspecified atom stereocenters. The van der Waals surface area contributed by atoms with Crippen LogP contribution in [0.4, 0.5) is 0 Å². The predicted molar refractivity (Wildman–Crippen MR) is 75.9 cm³/mol. The lowest BCUT2D eigenvalue weighted by Crippen LogP contribution is -2.49. The normalized spacial score (nSPS) is 28.9. The average Bonchev–Trinajstić information content (AvgIpc) is 2.83. The average molecular weight is 285 g/mol. The van der Waals surface area contributed by atoms with Crippen LogP contribution in [0.1, 0.15) is 46.0 Å². The summed E-state index contributed by atoms with van der Waals surface area (Å²) in [5.74, 6) is 0.0137. The van der Waals surface area contributed by atoms with E-state index < -0.39 is 12.0 Å². The van der Waals surface area contributed by atoms with Gasteiger partial charge in [-0.1, -0.05) is 33.1 Å². The van der Waals surface area contributed by atoms with Crippen LogP contribution in [0.3, 0.4) is 0 Å². The zero-order valence-electron chi connectivity index (χ0n) is 11.7. The molecule has 1 saturated carbocycles. The van der Waals surface area contributed by atoms with E-state index >= 15 is 0 Å². The Morgan fingerprint density at radius 1 is 1.21 bits per heavy atom. The van der Waals surface area contributed by atoms with E-state index in [1.807, 2.05) is 13.8 Å². The fraction of sp³-hybridized carbons (Fsp3) is 0.857. The lowest BCUT2D eigenvalue weighted by molar-refractivity contribution is -0.151. The summed E-state index contributed by atoms with van der Waals surface area (Å²) in [6.07, 6.45) is 5.96. The molecule has 1 saturated heterocycles. The molecule has 4 nitrogen and oxygen atoms in total. The predicted octanol–water partition coefficient (Wildman–Crippen LogP) is 2.58. The molecule has 2 atom stereocenters. The van der Waals surface area contributed by atoms with E-state index in [0.29, 0.717) is 11.7 Å². The van der Waals surface area contributed by atoms with Crippen molar-refractivity contribution < 1.29 is 14.7 Å². The van der Waals surface area contributed by atoms with Gasteiger partial charge in [-0.15, -0.1) is 11.8 Å². The zero-order chi connectivity index (χ0) is 14.0. The molecule has 0 spiro atoms. The van der Waals surface area contributed by atoms with Gasteiger partial charge in [0.2, 0.25) is 5.91 Å². The summed E-state index contributed by atoms with van der Waals surface area (Å²) >= 11 is 1.66. The van der Waals surface area contributed by atoms with Gasteiger partial charge in [-0.05, 0) is 18.8 Å². The zero-order valence-corrected chi connectivity index (χ0v) is 12.5. The van der Waals surface area contributed by atoms with Crippen molar-refractivity contribution in [3.8, 4) is 0 Å². The molecular formula is C14H23NO3S. The van der Waals surface area contributed by atoms with E-state index in [9.17, 15) is 14.7 Å². The van der Waals surface area contributed by atoms with E-state index in [1.165, 1.54) is 19.3 Å². The molecule has 0 aromatic carbocycles. The maximum Gasteiger partial charge on any atom is 0.327 e. The Balaban J connectivity index is 2.17. The molecule has 1 heterocycles. The van der Waals surface area contributed by atoms with Crippen LogP contribution in [0, 0.1) is 11.8 Å². The fourth-order valence-electron chi connectivity index (χ4n) is 3.08. The Morgan fingerprint density at radius 3 is 2.37 bits per heavy atom. The van der Waals surface area contributed by atoms with Gasteiger partial charge in [-0.3, -0.25) is 4.79 Å². The summed E-state index contributed by atoms with van der Waals surface area (Å²) in [5, 5.41) is 9.40. The Hall–Kier alpha value is -0.710. The molecule has 2 fully saturated rings. The second-order valence-electron chi connectivity index (χ2n) is 5.88. The first-order valence-electron chi connectivity index (χ1n) is 7.19. The summed E-state index contributed by atoms with van der Waals surface area (Å²) in [6.45, 7) is 3.70. The lowest BCUT2D eigenvalue weighted by atomic mass is 9.88. The molecule has 0 aromatic heterocycles. The van der Waals surface area contributed by atoms with E-state index in [4.69, 9.17) is 0 Å². The molecule has 1 aliphatic heterocycles. The van der Waals surface area contributed by atoms with E-state index in [2.05, 4.69) is 0 Å². The van der Waals surface area contributed by atoms with Crippen LogP contribution in [0.25, 0.3) is 0 Å². The fourth-order valence-corrected chi connectivity index (χ4v) is 4.72. The van der Waals surface area contributed by atoms with Crippen molar-refractivity contribution in [1.82, 2.24) is 4.90 Å². The highest BCUT2D eigenvalue weighted by molar-refractivity contribution is 8.00. The van der Waals surface area contributed by atoms with Crippen LogP contribution in [0.5, 0.6) is 0 Å². The van der Waals surface area contributed by atoms with E-state index in [1.54, 1.807) is 16.7 Å². The van der Waals surface area contributed by atoms with Crippen molar-refractivity contribution in [2.24, 2.45) is 11.8 Å². The van der Waals surface area contributed by atoms with Crippen molar-refractivity contribution in [3.63, 3.8) is 0 Å². The molecule has 0 bridgehead atoms. The summed E-state index contributed by atoms with van der Waals surface area (Å²) in [7, 11) is 0. The van der Waals surface area contributed by atoms with Crippen LogP contribution >= 0.6 is 11.8 Å². The van der Waals surface area contributed by atoms with E-state index in [0.717, 1.165) is 12.8 Å². The van der Waals surface area contributed by atoms with Crippen LogP contribution in [-0.2, 0) is 9.59 Å². The summed E-state index contributed by atoms with van der Waals surface area (Å²) < 4.78 is 0. The number of aliphatic carboxylic acids is 1. The summed E-state index contributed by atoms with van der Waals surface area (Å²) in [6, 6.07) is -0.633. The maximum atomic E-state index is 12.4. The quantitative estimate of drug-likeness (QED) is 0.866. The van der Waals surface area contributed by atoms with Gasteiger partial charge in [0.15, 0.2) is 0 Å². The smallest absolute Gasteiger partial charge is 0.327 e. The van der Waals surface area contributed by atoms with Crippen LogP contribution < -0.4 is 0 Å². The SMILES string of the molecule is CC(C)C(=O)N1C(C(=O)O)CSC1C1CCCCC1. The van der Waals surface area contributed by atoms with Crippen molar-refractivity contribution >= 4 is 23.6 Å². The van der Waals surface area contributed by atoms with Gasteiger partial charge in [0, 0.05) is 11.7 Å². The number of thioether (sulfide) groups is 1. The highest BCUT2D eigenvalue weighted by Crippen LogP contribution is 2.41. The molecule has 0 aromatic rings. The van der Waals surface area contributed by atoms with Crippen molar-refractivity contribution in [1.29, 1.82) is 0 Å². The van der Waals surface area contributed by atoms with Crippen molar-refractivity contribution in [2.45, 2.75) is 57.4 Å². The molecule has 1 amide bonds. The van der Waals surface area contributed by atoms with Crippen molar-refractivity contribution in [3.05, 3.63) is 0 Å². The number of hydrogen-bond donors (Lipinski definition) is 1. The Morgan fingerprint density at radius 2 is 1.84 bits per heavy atom. The number of hydrogen-bond acceptors (Lipinski definition) is 3. The lowest BCUT2D eigenvalue weighted by Gasteiger charge is -2.35. The number of carbonyl (C=O) groups excluding carboxylic acids is 1. The second-order valence-corrected chi connectivity index (χ2v) is 7.03. The molecule has 2 aliphatic rings. The molecule has 5 heteroatoms. The molecule has 108 valence electrons. The van der Waals surface area contributed by atoms with Crippen molar-refractivity contribution in [2.75, 3.05) is 5.75 Å². The van der Waals surface area contributed by atoms with Crippen LogP contribution in [0.2, 0.25) is 0 Å². The van der Waals surface area contributed by atoms with Crippen LogP contribution in [0.15, 0.2) is 0 Å². The first kappa shape index (κ1) is 14.7. The largest absolute Gasteiger partial charge is 0.480 e. The molecule has 2 rings (SSSR count). The van der Waals surface area contributed by atoms with Crippen LogP contribution in [-0.4, -0.2) is 39.1 Å². The van der Waals surface area contributed by atoms with Gasteiger partial charge in [-0.2, -0.15) is 0 Å². The number of carbonyl (C=O) groups is 2. The molecule has 0 radical (unpaired) electrons. The third kappa shape index (κ3) is 3.07. The Labute approximate surface area is 118 Å². The van der Waals surface area contributed by atoms with Gasteiger partial charge in [0.25, 0.3) is 0 Å². The number of carboxylic acid groups (broad SMARTS) is 1. The highest BCUT2D eigenvalue weighted by Gasteiger charge is 2.45. The Bertz CT molecular complexity index is 353. The van der Waals surface area contributed by atoms with Gasteiger partial charge >= 0.3 is 5.97 Å². The van der Waals surface area contributed by atoms with E-state index in [-0.39, 0.29) is 17.2 Å². The minimum absolute atomic E-state index is 0.00651. The number of nitrogens with zero attached hydrogens (tertiary/aromatic N) is 1. The number of carboxylic acids is 1. The molecule has 1 aliphatic carbocycles. The molecule has 1 N–H and O–H groups in total. The third-order valence-electron chi connectivity index (χ3n) is 4.12. The Kier molecular flexibility index (Phi) is 4.76. The first-order chi connectivity index (χ1) is 9.02. The van der Waals surface area contributed by atoms with Gasteiger partial charge in [-0.25, -0.2) is 4.79 Å². The topological polar surface area (TPSA) is 57.6 Å². The highest BCUT2D eigenvalue weighted by atomic mass is 32.2. The van der Waals surface area contributed by atoms with Gasteiger partial charge in [0.05, 0.1) is 5.37 Å². The standard InChI is InChI=1S/C14H23NO3S/c1-9(2)12(16)15-11(14(17)18)8-19-13(15)10-6-4-3-5-7-10/h9-11,13H,3-8H2,1-2H3,(H,17,18). The first-order valence-corrected chi connectivity index (χ1v) is 8.24. The minimum atomic E-state index is -0.861. The third-order valence-corrected chi connectivity index (χ3v) is 5.58. The second kappa shape index (κ2) is 6.16. The summed E-state index contributed by atoms with van der Waals surface area (Å²) in [4.78, 5) is 25.4. The maximum absolute atomic E-state index is 12.4. The minimum Gasteiger partial charge on any atom is -0.480 e. The van der Waals surface area contributed by atoms with Gasteiger partial charge < -0.3 is 10.0 Å². The molecular weight excluding hydrogens is 262 g/mol. The number of rotatable bonds is 3. The molecule has 19 heavy (non-hydrogen) atoms.